The number of rotatable bonds is 2. The van der Waals surface area contributed by atoms with E-state index in [0.717, 1.165) is 22.2 Å². The van der Waals surface area contributed by atoms with Crippen LogP contribution in [0.25, 0.3) is 22.2 Å². The van der Waals surface area contributed by atoms with Crippen LogP contribution < -0.4 is 0 Å². The number of halogens is 1. The van der Waals surface area contributed by atoms with Gasteiger partial charge in [0.25, 0.3) is 0 Å². The van der Waals surface area contributed by atoms with Crippen LogP contribution in [-0.4, -0.2) is 10.8 Å². The third-order valence-corrected chi connectivity index (χ3v) is 3.46. The maximum atomic E-state index is 11.9. The number of carbonyl (C=O) groups is 1. The van der Waals surface area contributed by atoms with E-state index < -0.39 is 0 Å². The fourth-order valence-electron chi connectivity index (χ4n) is 2.25. The van der Waals surface area contributed by atoms with Gasteiger partial charge in [0.05, 0.1) is 11.2 Å². The lowest BCUT2D eigenvalue weighted by molar-refractivity contribution is 0.101. The van der Waals surface area contributed by atoms with Crippen LogP contribution in [-0.2, 0) is 0 Å². The summed E-state index contributed by atoms with van der Waals surface area (Å²) >= 11 is 6.02. The molecule has 0 aliphatic carbocycles. The van der Waals surface area contributed by atoms with E-state index in [4.69, 9.17) is 11.6 Å². The summed E-state index contributed by atoms with van der Waals surface area (Å²) in [6.07, 6.45) is 0. The molecular formula is C17H12ClNO. The third-order valence-electron chi connectivity index (χ3n) is 3.22. The van der Waals surface area contributed by atoms with Crippen molar-refractivity contribution in [1.82, 2.24) is 4.98 Å². The van der Waals surface area contributed by atoms with Gasteiger partial charge >= 0.3 is 0 Å². The molecule has 0 amide bonds. The summed E-state index contributed by atoms with van der Waals surface area (Å²) < 4.78 is 0. The number of aromatic nitrogens is 1. The average Bonchev–Trinajstić information content (AvgIpc) is 2.46. The van der Waals surface area contributed by atoms with E-state index in [2.05, 4.69) is 4.98 Å². The van der Waals surface area contributed by atoms with Gasteiger partial charge in [-0.25, -0.2) is 4.98 Å². The lowest BCUT2D eigenvalue weighted by Crippen LogP contribution is -1.97. The second-order valence-electron chi connectivity index (χ2n) is 4.64. The topological polar surface area (TPSA) is 30.0 Å². The minimum Gasteiger partial charge on any atom is -0.294 e. The number of benzene rings is 2. The van der Waals surface area contributed by atoms with E-state index in [0.29, 0.717) is 10.6 Å². The smallest absolute Gasteiger partial charge is 0.160 e. The van der Waals surface area contributed by atoms with E-state index in [9.17, 15) is 4.79 Å². The molecule has 1 aromatic heterocycles. The van der Waals surface area contributed by atoms with Crippen LogP contribution >= 0.6 is 11.6 Å². The van der Waals surface area contributed by atoms with Gasteiger partial charge in [-0.1, -0.05) is 48.0 Å². The van der Waals surface area contributed by atoms with Gasteiger partial charge in [-0.05, 0) is 25.1 Å². The average molecular weight is 282 g/mol. The Bertz CT molecular complexity index is 797. The summed E-state index contributed by atoms with van der Waals surface area (Å²) in [5.74, 6) is 0.0249. The van der Waals surface area contributed by atoms with Crippen molar-refractivity contribution in [2.24, 2.45) is 0 Å². The van der Waals surface area contributed by atoms with Gasteiger partial charge in [0.1, 0.15) is 0 Å². The van der Waals surface area contributed by atoms with Crippen LogP contribution in [0.1, 0.15) is 17.3 Å². The number of fused-ring (bicyclic) bond motifs is 1. The van der Waals surface area contributed by atoms with Crippen molar-refractivity contribution in [3.8, 4) is 11.3 Å². The molecule has 0 aliphatic rings. The van der Waals surface area contributed by atoms with Gasteiger partial charge in [-0.15, -0.1) is 0 Å². The Morgan fingerprint density at radius 1 is 1.05 bits per heavy atom. The Morgan fingerprint density at radius 2 is 1.80 bits per heavy atom. The summed E-state index contributed by atoms with van der Waals surface area (Å²) in [4.78, 5) is 16.5. The minimum absolute atomic E-state index is 0.0249. The van der Waals surface area contributed by atoms with Crippen LogP contribution in [0.4, 0.5) is 0 Å². The third kappa shape index (κ3) is 2.30. The fourth-order valence-corrected chi connectivity index (χ4v) is 2.42. The Balaban J connectivity index is 2.32. The fraction of sp³-hybridized carbons (Fsp3) is 0.0588. The first-order valence-corrected chi connectivity index (χ1v) is 6.69. The van der Waals surface area contributed by atoms with Crippen molar-refractivity contribution in [1.29, 1.82) is 0 Å². The Kier molecular flexibility index (Phi) is 3.25. The van der Waals surface area contributed by atoms with Crippen molar-refractivity contribution in [2.75, 3.05) is 0 Å². The van der Waals surface area contributed by atoms with Crippen molar-refractivity contribution >= 4 is 28.3 Å². The quantitative estimate of drug-likeness (QED) is 0.634. The molecule has 0 saturated heterocycles. The van der Waals surface area contributed by atoms with Gasteiger partial charge in [-0.2, -0.15) is 0 Å². The molecule has 0 spiro atoms. The number of pyridine rings is 1. The molecule has 0 radical (unpaired) electrons. The second kappa shape index (κ2) is 5.06. The summed E-state index contributed by atoms with van der Waals surface area (Å²) in [6, 6.07) is 17.1. The summed E-state index contributed by atoms with van der Waals surface area (Å²) in [7, 11) is 0. The van der Waals surface area contributed by atoms with E-state index in [1.54, 1.807) is 19.1 Å². The van der Waals surface area contributed by atoms with Gasteiger partial charge in [0.15, 0.2) is 5.78 Å². The predicted molar refractivity (Wildman–Crippen MR) is 82.2 cm³/mol. The monoisotopic (exact) mass is 281 g/mol. The maximum absolute atomic E-state index is 11.9. The van der Waals surface area contributed by atoms with Gasteiger partial charge in [0.2, 0.25) is 0 Å². The minimum atomic E-state index is 0.0249. The molecule has 0 saturated carbocycles. The van der Waals surface area contributed by atoms with E-state index in [1.807, 2.05) is 42.5 Å². The molecule has 3 rings (SSSR count). The molecule has 2 nitrogen and oxygen atoms in total. The summed E-state index contributed by atoms with van der Waals surface area (Å²) in [5, 5.41) is 1.45. The molecule has 0 unspecified atom stereocenters. The lowest BCUT2D eigenvalue weighted by Gasteiger charge is -2.08. The molecule has 3 aromatic rings. The molecule has 20 heavy (non-hydrogen) atoms. The Morgan fingerprint density at radius 3 is 2.50 bits per heavy atom. The molecular weight excluding hydrogens is 270 g/mol. The molecule has 3 heteroatoms. The van der Waals surface area contributed by atoms with E-state index in [1.165, 1.54) is 0 Å². The van der Waals surface area contributed by atoms with Crippen molar-refractivity contribution < 1.29 is 4.79 Å². The molecule has 0 fully saturated rings. The summed E-state index contributed by atoms with van der Waals surface area (Å²) in [6.45, 7) is 1.57. The zero-order chi connectivity index (χ0) is 14.1. The number of nitrogens with zero attached hydrogens (tertiary/aromatic N) is 1. The molecule has 0 atom stereocenters. The number of hydrogen-bond donors (Lipinski definition) is 0. The molecule has 1 heterocycles. The number of carbonyl (C=O) groups excluding carboxylic acids is 1. The molecule has 0 N–H and O–H groups in total. The van der Waals surface area contributed by atoms with Crippen molar-refractivity contribution in [2.45, 2.75) is 6.92 Å². The highest BCUT2D eigenvalue weighted by Crippen LogP contribution is 2.27. The maximum Gasteiger partial charge on any atom is 0.160 e. The van der Waals surface area contributed by atoms with Crippen molar-refractivity contribution in [3.05, 3.63) is 65.2 Å². The molecule has 98 valence electrons. The first kappa shape index (κ1) is 12.8. The number of hydrogen-bond acceptors (Lipinski definition) is 2. The second-order valence-corrected chi connectivity index (χ2v) is 5.08. The SMILES string of the molecule is CC(=O)c1cc(-c2ccccc2)nc2cc(Cl)ccc12. The van der Waals surface area contributed by atoms with Gasteiger partial charge in [-0.3, -0.25) is 4.79 Å². The molecule has 0 bridgehead atoms. The number of ketones is 1. The van der Waals surface area contributed by atoms with E-state index >= 15 is 0 Å². The molecule has 0 aliphatic heterocycles. The first-order chi connectivity index (χ1) is 9.65. The van der Waals surface area contributed by atoms with Crippen LogP contribution in [0, 0.1) is 0 Å². The Hall–Kier alpha value is -2.19. The van der Waals surface area contributed by atoms with Gasteiger partial charge < -0.3 is 0 Å². The van der Waals surface area contributed by atoms with Gasteiger partial charge in [0, 0.05) is 21.5 Å². The standard InChI is InChI=1S/C17H12ClNO/c1-11(20)15-10-16(12-5-3-2-4-6-12)19-17-9-13(18)7-8-14(15)17/h2-10H,1H3. The van der Waals surface area contributed by atoms with Crippen LogP contribution in [0.3, 0.4) is 0 Å². The highest BCUT2D eigenvalue weighted by molar-refractivity contribution is 6.31. The highest BCUT2D eigenvalue weighted by atomic mass is 35.5. The zero-order valence-electron chi connectivity index (χ0n) is 10.9. The van der Waals surface area contributed by atoms with Crippen LogP contribution in [0.5, 0.6) is 0 Å². The van der Waals surface area contributed by atoms with Crippen LogP contribution in [0.2, 0.25) is 5.02 Å². The normalized spacial score (nSPS) is 10.7. The predicted octanol–water partition coefficient (Wildman–Crippen LogP) is 4.76. The highest BCUT2D eigenvalue weighted by Gasteiger charge is 2.11. The van der Waals surface area contributed by atoms with Crippen LogP contribution in [0.15, 0.2) is 54.6 Å². The largest absolute Gasteiger partial charge is 0.294 e. The number of Topliss-reactive ketones (excluding diaryl/α,β-unsaturated/α-hetero) is 1. The lowest BCUT2D eigenvalue weighted by atomic mass is 10.0. The zero-order valence-corrected chi connectivity index (χ0v) is 11.7. The summed E-state index contributed by atoms with van der Waals surface area (Å²) in [5.41, 5.74) is 3.18. The Labute approximate surface area is 122 Å². The van der Waals surface area contributed by atoms with Crippen molar-refractivity contribution in [3.63, 3.8) is 0 Å². The van der Waals surface area contributed by atoms with E-state index in [-0.39, 0.29) is 5.78 Å². The molecule has 2 aromatic carbocycles. The first-order valence-electron chi connectivity index (χ1n) is 6.32.